The largest absolute Gasteiger partial charge is 0.468 e. The second kappa shape index (κ2) is 12.7. The summed E-state index contributed by atoms with van der Waals surface area (Å²) in [5.74, 6) is -2.65. The third-order valence-electron chi connectivity index (χ3n) is 3.58. The Morgan fingerprint density at radius 2 is 1.72 bits per heavy atom. The summed E-state index contributed by atoms with van der Waals surface area (Å²) >= 11 is 0. The molecule has 4 amide bonds. The van der Waals surface area contributed by atoms with Crippen molar-refractivity contribution in [3.8, 4) is 0 Å². The number of rotatable bonds is 11. The molecule has 0 radical (unpaired) electrons. The van der Waals surface area contributed by atoms with E-state index in [1.165, 1.54) is 7.11 Å². The van der Waals surface area contributed by atoms with Crippen molar-refractivity contribution >= 4 is 29.8 Å². The number of nitrogens with one attached hydrogen (secondary N) is 3. The highest BCUT2D eigenvalue weighted by atomic mass is 16.5. The Balaban J connectivity index is 2.53. The lowest BCUT2D eigenvalue weighted by atomic mass is 10.1. The molecule has 158 valence electrons. The average Bonchev–Trinajstić information content (AvgIpc) is 2.72. The van der Waals surface area contributed by atoms with Crippen LogP contribution >= 0.6 is 0 Å². The fourth-order valence-corrected chi connectivity index (χ4v) is 2.06. The third-order valence-corrected chi connectivity index (χ3v) is 3.58. The maximum Gasteiger partial charge on any atom is 0.408 e. The molecule has 0 fully saturated rings. The summed E-state index contributed by atoms with van der Waals surface area (Å²) in [6.45, 7) is -0.795. The van der Waals surface area contributed by atoms with Crippen molar-refractivity contribution in [2.45, 2.75) is 25.5 Å². The molecular weight excluding hydrogens is 384 g/mol. The number of nitrogens with two attached hydrogens (primary N) is 1. The average molecular weight is 408 g/mol. The fourth-order valence-electron chi connectivity index (χ4n) is 2.06. The fraction of sp³-hybridized carbons (Fsp3) is 0.389. The highest BCUT2D eigenvalue weighted by molar-refractivity contribution is 5.90. The zero-order valence-electron chi connectivity index (χ0n) is 15.9. The summed E-state index contributed by atoms with van der Waals surface area (Å²) in [4.78, 5) is 57.8. The normalized spacial score (nSPS) is 10.9. The summed E-state index contributed by atoms with van der Waals surface area (Å²) in [5.41, 5.74) is 5.84. The Hall–Kier alpha value is -3.63. The molecule has 0 saturated carbocycles. The SMILES string of the molecule is COC(=O)CNC(=O)CNC(=O)C(CCC(N)=O)NC(=O)OCc1ccccc1. The zero-order valence-corrected chi connectivity index (χ0v) is 15.9. The maximum atomic E-state index is 12.3. The molecule has 0 aliphatic carbocycles. The van der Waals surface area contributed by atoms with E-state index < -0.39 is 42.4 Å². The first-order valence-electron chi connectivity index (χ1n) is 8.68. The Morgan fingerprint density at radius 1 is 1.03 bits per heavy atom. The first kappa shape index (κ1) is 23.4. The van der Waals surface area contributed by atoms with Gasteiger partial charge in [0.15, 0.2) is 0 Å². The smallest absolute Gasteiger partial charge is 0.408 e. The Labute approximate surface area is 167 Å². The number of ether oxygens (including phenoxy) is 2. The number of alkyl carbamates (subject to hydrolysis) is 1. The molecule has 1 aromatic carbocycles. The molecule has 1 aromatic rings. The van der Waals surface area contributed by atoms with Crippen LogP contribution in [0.5, 0.6) is 0 Å². The topological polar surface area (TPSA) is 166 Å². The molecule has 29 heavy (non-hydrogen) atoms. The minimum absolute atomic E-state index is 0.00718. The number of carbonyl (C=O) groups is 5. The Bertz CT molecular complexity index is 724. The van der Waals surface area contributed by atoms with Gasteiger partial charge in [0.05, 0.1) is 13.7 Å². The quantitative estimate of drug-likeness (QED) is 0.339. The van der Waals surface area contributed by atoms with Gasteiger partial charge in [0.2, 0.25) is 17.7 Å². The van der Waals surface area contributed by atoms with Crippen LogP contribution in [0.25, 0.3) is 0 Å². The van der Waals surface area contributed by atoms with E-state index in [2.05, 4.69) is 20.7 Å². The van der Waals surface area contributed by atoms with Gasteiger partial charge >= 0.3 is 12.1 Å². The van der Waals surface area contributed by atoms with E-state index in [-0.39, 0.29) is 26.0 Å². The van der Waals surface area contributed by atoms with E-state index >= 15 is 0 Å². The van der Waals surface area contributed by atoms with Crippen molar-refractivity contribution in [3.63, 3.8) is 0 Å². The number of benzene rings is 1. The van der Waals surface area contributed by atoms with E-state index in [9.17, 15) is 24.0 Å². The Morgan fingerprint density at radius 3 is 2.34 bits per heavy atom. The number of esters is 1. The molecular formula is C18H24N4O7. The van der Waals surface area contributed by atoms with Crippen LogP contribution in [-0.2, 0) is 35.3 Å². The van der Waals surface area contributed by atoms with Gasteiger partial charge < -0.3 is 31.2 Å². The summed E-state index contributed by atoms with van der Waals surface area (Å²) in [7, 11) is 1.17. The first-order chi connectivity index (χ1) is 13.8. The van der Waals surface area contributed by atoms with Gasteiger partial charge in [0.1, 0.15) is 19.2 Å². The number of primary amides is 1. The van der Waals surface area contributed by atoms with Crippen LogP contribution < -0.4 is 21.7 Å². The van der Waals surface area contributed by atoms with Crippen LogP contribution in [-0.4, -0.2) is 56.0 Å². The van der Waals surface area contributed by atoms with Crippen LogP contribution in [0, 0.1) is 0 Å². The summed E-state index contributed by atoms with van der Waals surface area (Å²) < 4.78 is 9.41. The predicted molar refractivity (Wildman–Crippen MR) is 100 cm³/mol. The molecule has 11 nitrogen and oxygen atoms in total. The molecule has 0 heterocycles. The Kier molecular flexibility index (Phi) is 10.3. The highest BCUT2D eigenvalue weighted by Gasteiger charge is 2.22. The molecule has 0 aliphatic heterocycles. The molecule has 5 N–H and O–H groups in total. The van der Waals surface area contributed by atoms with Gasteiger partial charge in [-0.05, 0) is 12.0 Å². The van der Waals surface area contributed by atoms with Gasteiger partial charge in [0, 0.05) is 6.42 Å². The maximum absolute atomic E-state index is 12.3. The molecule has 0 saturated heterocycles. The second-order valence-corrected chi connectivity index (χ2v) is 5.83. The molecule has 1 unspecified atom stereocenters. The lowest BCUT2D eigenvalue weighted by Gasteiger charge is -2.17. The minimum Gasteiger partial charge on any atom is -0.468 e. The third kappa shape index (κ3) is 10.3. The van der Waals surface area contributed by atoms with E-state index in [1.54, 1.807) is 24.3 Å². The van der Waals surface area contributed by atoms with E-state index in [0.717, 1.165) is 5.56 Å². The van der Waals surface area contributed by atoms with Gasteiger partial charge in [-0.2, -0.15) is 0 Å². The number of amides is 4. The second-order valence-electron chi connectivity index (χ2n) is 5.83. The van der Waals surface area contributed by atoms with Gasteiger partial charge in [-0.15, -0.1) is 0 Å². The molecule has 1 rings (SSSR count). The van der Waals surface area contributed by atoms with Gasteiger partial charge in [0.25, 0.3) is 0 Å². The van der Waals surface area contributed by atoms with Crippen molar-refractivity contribution in [2.24, 2.45) is 5.73 Å². The zero-order chi connectivity index (χ0) is 21.6. The van der Waals surface area contributed by atoms with E-state index in [4.69, 9.17) is 10.5 Å². The molecule has 0 bridgehead atoms. The molecule has 1 atom stereocenters. The van der Waals surface area contributed by atoms with Crippen molar-refractivity contribution < 1.29 is 33.4 Å². The number of hydrogen-bond acceptors (Lipinski definition) is 7. The monoisotopic (exact) mass is 408 g/mol. The summed E-state index contributed by atoms with van der Waals surface area (Å²) in [6.07, 6.45) is -1.11. The lowest BCUT2D eigenvalue weighted by molar-refractivity contribution is -0.141. The molecule has 0 aromatic heterocycles. The van der Waals surface area contributed by atoms with E-state index in [0.29, 0.717) is 0 Å². The van der Waals surface area contributed by atoms with Crippen LogP contribution in [0.15, 0.2) is 30.3 Å². The van der Waals surface area contributed by atoms with Crippen LogP contribution in [0.2, 0.25) is 0 Å². The van der Waals surface area contributed by atoms with E-state index in [1.807, 2.05) is 6.07 Å². The highest BCUT2D eigenvalue weighted by Crippen LogP contribution is 2.02. The molecule has 0 aliphatic rings. The van der Waals surface area contributed by atoms with Gasteiger partial charge in [-0.1, -0.05) is 30.3 Å². The van der Waals surface area contributed by atoms with Crippen molar-refractivity contribution in [2.75, 3.05) is 20.2 Å². The standard InChI is InChI=1S/C18H24N4O7/c1-28-16(25)10-20-15(24)9-21-17(26)13(7-8-14(19)23)22-18(27)29-11-12-5-3-2-4-6-12/h2-6,13H,7-11H2,1H3,(H2,19,23)(H,20,24)(H,21,26)(H,22,27). The molecule has 0 spiro atoms. The lowest BCUT2D eigenvalue weighted by Crippen LogP contribution is -2.49. The van der Waals surface area contributed by atoms with Crippen molar-refractivity contribution in [1.82, 2.24) is 16.0 Å². The summed E-state index contributed by atoms with van der Waals surface area (Å²) in [5, 5.41) is 6.88. The minimum atomic E-state index is -1.14. The first-order valence-corrected chi connectivity index (χ1v) is 8.68. The predicted octanol–water partition coefficient (Wildman–Crippen LogP) is -1.05. The van der Waals surface area contributed by atoms with Gasteiger partial charge in [-0.3, -0.25) is 19.2 Å². The number of carbonyl (C=O) groups excluding carboxylic acids is 5. The number of methoxy groups -OCH3 is 1. The molecule has 11 heteroatoms. The van der Waals surface area contributed by atoms with Crippen molar-refractivity contribution in [3.05, 3.63) is 35.9 Å². The van der Waals surface area contributed by atoms with Crippen LogP contribution in [0.4, 0.5) is 4.79 Å². The van der Waals surface area contributed by atoms with Crippen molar-refractivity contribution in [1.29, 1.82) is 0 Å². The number of hydrogen-bond donors (Lipinski definition) is 4. The van der Waals surface area contributed by atoms with Crippen LogP contribution in [0.3, 0.4) is 0 Å². The summed E-state index contributed by atoms with van der Waals surface area (Å²) in [6, 6.07) is 7.76. The van der Waals surface area contributed by atoms with Crippen LogP contribution in [0.1, 0.15) is 18.4 Å². The van der Waals surface area contributed by atoms with Gasteiger partial charge in [-0.25, -0.2) is 4.79 Å².